The molecule has 1 atom stereocenters. The fraction of sp³-hybridized carbons (Fsp3) is 0.500. The van der Waals surface area contributed by atoms with E-state index in [1.807, 2.05) is 18.2 Å². The zero-order valence-corrected chi connectivity index (χ0v) is 9.40. The number of aliphatic hydroxyl groups is 2. The van der Waals surface area contributed by atoms with Crippen LogP contribution in [0.3, 0.4) is 0 Å². The number of hydrogen-bond acceptors (Lipinski definition) is 3. The predicted molar refractivity (Wildman–Crippen MR) is 58.8 cm³/mol. The largest absolute Gasteiger partial charge is 0.465 e. The molecule has 0 bridgehead atoms. The van der Waals surface area contributed by atoms with E-state index in [2.05, 4.69) is 0 Å². The molecule has 0 fully saturated rings. The topological polar surface area (TPSA) is 49.7 Å². The molecule has 1 unspecified atom stereocenters. The van der Waals surface area contributed by atoms with Crippen LogP contribution in [0.25, 0.3) is 0 Å². The van der Waals surface area contributed by atoms with Gasteiger partial charge in [0.05, 0.1) is 5.60 Å². The monoisotopic (exact) mass is 210 g/mol. The van der Waals surface area contributed by atoms with E-state index < -0.39 is 11.9 Å². The van der Waals surface area contributed by atoms with Gasteiger partial charge in [-0.05, 0) is 32.4 Å². The minimum absolute atomic E-state index is 0.496. The van der Waals surface area contributed by atoms with Crippen LogP contribution < -0.4 is 4.74 Å². The maximum Gasteiger partial charge on any atom is 0.194 e. The molecule has 0 saturated carbocycles. The molecule has 0 aliphatic rings. The van der Waals surface area contributed by atoms with Gasteiger partial charge in [-0.2, -0.15) is 0 Å². The van der Waals surface area contributed by atoms with Crippen molar-refractivity contribution in [3.8, 4) is 5.75 Å². The molecule has 0 aliphatic heterocycles. The highest BCUT2D eigenvalue weighted by Gasteiger charge is 2.16. The van der Waals surface area contributed by atoms with Crippen molar-refractivity contribution in [1.82, 2.24) is 0 Å². The molecule has 0 spiro atoms. The summed E-state index contributed by atoms with van der Waals surface area (Å²) >= 11 is 0. The van der Waals surface area contributed by atoms with Gasteiger partial charge in [-0.1, -0.05) is 18.2 Å². The Hall–Kier alpha value is -1.06. The van der Waals surface area contributed by atoms with Crippen molar-refractivity contribution >= 4 is 0 Å². The molecule has 0 aliphatic carbocycles. The van der Waals surface area contributed by atoms with Crippen molar-refractivity contribution in [2.45, 2.75) is 39.1 Å². The third-order valence-electron chi connectivity index (χ3n) is 1.89. The minimum Gasteiger partial charge on any atom is -0.465 e. The molecule has 2 N–H and O–H groups in total. The Morgan fingerprint density at radius 1 is 1.33 bits per heavy atom. The molecular weight excluding hydrogens is 192 g/mol. The van der Waals surface area contributed by atoms with Gasteiger partial charge in [-0.15, -0.1) is 0 Å². The average Bonchev–Trinajstić information content (AvgIpc) is 2.05. The highest BCUT2D eigenvalue weighted by molar-refractivity contribution is 5.34. The highest BCUT2D eigenvalue weighted by Crippen LogP contribution is 2.23. The number of ether oxygens (including phenoxy) is 1. The van der Waals surface area contributed by atoms with E-state index in [1.165, 1.54) is 0 Å². The standard InChI is InChI=1S/C12H18O3/c1-9(13)15-11-7-5-4-6-10(11)8-12(2,3)14/h4-7,9,13-14H,8H2,1-3H3. The first-order chi connectivity index (χ1) is 6.88. The normalized spacial score (nSPS) is 13.7. The van der Waals surface area contributed by atoms with Crippen molar-refractivity contribution in [1.29, 1.82) is 0 Å². The van der Waals surface area contributed by atoms with Gasteiger partial charge in [-0.3, -0.25) is 0 Å². The second-order valence-electron chi connectivity index (χ2n) is 4.31. The summed E-state index contributed by atoms with van der Waals surface area (Å²) in [5.41, 5.74) is 0.115. The third-order valence-corrected chi connectivity index (χ3v) is 1.89. The van der Waals surface area contributed by atoms with Crippen molar-refractivity contribution in [2.24, 2.45) is 0 Å². The molecular formula is C12H18O3. The highest BCUT2D eigenvalue weighted by atomic mass is 16.6. The molecule has 0 amide bonds. The molecule has 0 radical (unpaired) electrons. The third kappa shape index (κ3) is 4.32. The van der Waals surface area contributed by atoms with E-state index in [-0.39, 0.29) is 0 Å². The zero-order chi connectivity index (χ0) is 11.5. The fourth-order valence-electron chi connectivity index (χ4n) is 1.41. The maximum absolute atomic E-state index is 9.71. The van der Waals surface area contributed by atoms with Gasteiger partial charge in [0.1, 0.15) is 5.75 Å². The second kappa shape index (κ2) is 4.64. The number of hydrogen-bond donors (Lipinski definition) is 2. The van der Waals surface area contributed by atoms with Crippen LogP contribution in [-0.2, 0) is 6.42 Å². The maximum atomic E-state index is 9.71. The van der Waals surface area contributed by atoms with E-state index in [4.69, 9.17) is 9.84 Å². The molecule has 15 heavy (non-hydrogen) atoms. The van der Waals surface area contributed by atoms with Crippen LogP contribution in [0.2, 0.25) is 0 Å². The number of rotatable bonds is 4. The molecule has 0 aromatic heterocycles. The summed E-state index contributed by atoms with van der Waals surface area (Å²) in [6.45, 7) is 5.04. The van der Waals surface area contributed by atoms with E-state index in [0.29, 0.717) is 12.2 Å². The Bertz CT molecular complexity index is 313. The van der Waals surface area contributed by atoms with Crippen LogP contribution in [0.5, 0.6) is 5.75 Å². The molecule has 1 aromatic rings. The van der Waals surface area contributed by atoms with Gasteiger partial charge in [0.15, 0.2) is 6.29 Å². The van der Waals surface area contributed by atoms with E-state index in [1.54, 1.807) is 26.8 Å². The summed E-state index contributed by atoms with van der Waals surface area (Å²) in [7, 11) is 0. The number of benzene rings is 1. The Morgan fingerprint density at radius 2 is 1.93 bits per heavy atom. The minimum atomic E-state index is -0.840. The summed E-state index contributed by atoms with van der Waals surface area (Å²) in [5, 5.41) is 18.9. The lowest BCUT2D eigenvalue weighted by atomic mass is 9.98. The van der Waals surface area contributed by atoms with Crippen molar-refractivity contribution in [3.05, 3.63) is 29.8 Å². The Balaban J connectivity index is 2.86. The lowest BCUT2D eigenvalue weighted by molar-refractivity contribution is -0.00224. The first-order valence-electron chi connectivity index (χ1n) is 5.03. The SMILES string of the molecule is CC(O)Oc1ccccc1CC(C)(C)O. The quantitative estimate of drug-likeness (QED) is 0.744. The summed E-state index contributed by atoms with van der Waals surface area (Å²) in [6.07, 6.45) is -0.344. The summed E-state index contributed by atoms with van der Waals surface area (Å²) < 4.78 is 5.24. The lowest BCUT2D eigenvalue weighted by Crippen LogP contribution is -2.22. The molecule has 0 heterocycles. The summed E-state index contributed by atoms with van der Waals surface area (Å²) in [6, 6.07) is 7.39. The second-order valence-corrected chi connectivity index (χ2v) is 4.31. The first kappa shape index (κ1) is 12.0. The van der Waals surface area contributed by atoms with Crippen LogP contribution in [0.1, 0.15) is 26.3 Å². The molecule has 1 rings (SSSR count). The lowest BCUT2D eigenvalue weighted by Gasteiger charge is -2.20. The van der Waals surface area contributed by atoms with E-state index in [9.17, 15) is 5.11 Å². The van der Waals surface area contributed by atoms with Crippen LogP contribution in [0.15, 0.2) is 24.3 Å². The van der Waals surface area contributed by atoms with Crippen LogP contribution in [0.4, 0.5) is 0 Å². The smallest absolute Gasteiger partial charge is 0.194 e. The van der Waals surface area contributed by atoms with E-state index in [0.717, 1.165) is 5.56 Å². The van der Waals surface area contributed by atoms with Gasteiger partial charge < -0.3 is 14.9 Å². The van der Waals surface area contributed by atoms with Crippen LogP contribution in [-0.4, -0.2) is 22.1 Å². The Labute approximate surface area is 90.3 Å². The predicted octanol–water partition coefficient (Wildman–Crippen LogP) is 1.72. The first-order valence-corrected chi connectivity index (χ1v) is 5.03. The van der Waals surface area contributed by atoms with Gasteiger partial charge in [-0.25, -0.2) is 0 Å². The number of aliphatic hydroxyl groups excluding tert-OH is 1. The van der Waals surface area contributed by atoms with Crippen LogP contribution in [0, 0.1) is 0 Å². The van der Waals surface area contributed by atoms with Gasteiger partial charge >= 0.3 is 0 Å². The Morgan fingerprint density at radius 3 is 2.47 bits per heavy atom. The van der Waals surface area contributed by atoms with Gasteiger partial charge in [0.2, 0.25) is 0 Å². The Kier molecular flexibility index (Phi) is 3.72. The van der Waals surface area contributed by atoms with Gasteiger partial charge in [0.25, 0.3) is 0 Å². The van der Waals surface area contributed by atoms with E-state index >= 15 is 0 Å². The van der Waals surface area contributed by atoms with Gasteiger partial charge in [0, 0.05) is 6.42 Å². The molecule has 0 saturated heterocycles. The molecule has 1 aromatic carbocycles. The van der Waals surface area contributed by atoms with Crippen molar-refractivity contribution in [3.63, 3.8) is 0 Å². The number of para-hydroxylation sites is 1. The van der Waals surface area contributed by atoms with Crippen molar-refractivity contribution < 1.29 is 14.9 Å². The summed E-state index contributed by atoms with van der Waals surface area (Å²) in [4.78, 5) is 0. The molecule has 3 heteroatoms. The zero-order valence-electron chi connectivity index (χ0n) is 9.40. The average molecular weight is 210 g/mol. The summed E-state index contributed by atoms with van der Waals surface area (Å²) in [5.74, 6) is 0.620. The fourth-order valence-corrected chi connectivity index (χ4v) is 1.41. The van der Waals surface area contributed by atoms with Crippen LogP contribution >= 0.6 is 0 Å². The molecule has 84 valence electrons. The van der Waals surface area contributed by atoms with Crippen molar-refractivity contribution in [2.75, 3.05) is 0 Å². The molecule has 3 nitrogen and oxygen atoms in total.